The van der Waals surface area contributed by atoms with Crippen molar-refractivity contribution in [2.24, 2.45) is 4.99 Å². The van der Waals surface area contributed by atoms with Crippen molar-refractivity contribution in [2.45, 2.75) is 25.9 Å². The maximum Gasteiger partial charge on any atom is 0.190 e. The second-order valence-corrected chi connectivity index (χ2v) is 6.76. The van der Waals surface area contributed by atoms with Crippen LogP contribution in [0.4, 0.5) is 0 Å². The first-order chi connectivity index (χ1) is 12.8. The maximum absolute atomic E-state index is 5.57. The highest BCUT2D eigenvalue weighted by molar-refractivity contribution is 5.79. The van der Waals surface area contributed by atoms with E-state index in [0.717, 1.165) is 44.2 Å². The minimum atomic E-state index is 0.534. The Morgan fingerprint density at radius 1 is 1.19 bits per heavy atom. The van der Waals surface area contributed by atoms with Crippen LogP contribution in [0.2, 0.25) is 0 Å². The van der Waals surface area contributed by atoms with Crippen LogP contribution in [0, 0.1) is 0 Å². The molecule has 0 unspecified atom stereocenters. The normalized spacial score (nSPS) is 17.2. The molecular weight excluding hydrogens is 330 g/mol. The highest BCUT2D eigenvalue weighted by Crippen LogP contribution is 2.02. The summed E-state index contributed by atoms with van der Waals surface area (Å²) >= 11 is 0. The molecule has 0 saturated carbocycles. The summed E-state index contributed by atoms with van der Waals surface area (Å²) in [7, 11) is 4.02. The molecule has 7 heteroatoms. The molecule has 0 aliphatic carbocycles. The van der Waals surface area contributed by atoms with Crippen LogP contribution in [-0.4, -0.2) is 82.3 Å². The number of hydrogen-bond acceptors (Lipinski definition) is 5. The number of ether oxygens (including phenoxy) is 1. The van der Waals surface area contributed by atoms with Crippen LogP contribution in [0.15, 0.2) is 27.8 Å². The first kappa shape index (κ1) is 20.7. The molecule has 0 bridgehead atoms. The third-order valence-electron chi connectivity index (χ3n) is 4.56. The molecular formula is C19H35N5O2. The second kappa shape index (κ2) is 12.7. The minimum Gasteiger partial charge on any atom is -0.467 e. The van der Waals surface area contributed by atoms with Gasteiger partial charge in [-0.15, -0.1) is 0 Å². The zero-order valence-corrected chi connectivity index (χ0v) is 16.4. The minimum absolute atomic E-state index is 0.534. The van der Waals surface area contributed by atoms with Crippen LogP contribution >= 0.6 is 0 Å². The first-order valence-corrected chi connectivity index (χ1v) is 9.73. The molecule has 1 aromatic heterocycles. The summed E-state index contributed by atoms with van der Waals surface area (Å²) < 4.78 is 10.8. The van der Waals surface area contributed by atoms with E-state index < -0.39 is 0 Å². The number of aliphatic imine (C=N–C) groups is 1. The second-order valence-electron chi connectivity index (χ2n) is 6.76. The fourth-order valence-electron chi connectivity index (χ4n) is 3.00. The monoisotopic (exact) mass is 365 g/mol. The number of likely N-dealkylation sites (N-methyl/N-ethyl adjacent to an activating group) is 1. The topological polar surface area (TPSA) is 65.3 Å². The van der Waals surface area contributed by atoms with E-state index in [9.17, 15) is 0 Å². The van der Waals surface area contributed by atoms with E-state index in [1.165, 1.54) is 32.6 Å². The van der Waals surface area contributed by atoms with E-state index in [1.807, 2.05) is 19.2 Å². The molecule has 1 aromatic rings. The molecule has 1 aliphatic heterocycles. The number of nitrogens with one attached hydrogen (secondary N) is 2. The van der Waals surface area contributed by atoms with E-state index in [-0.39, 0.29) is 0 Å². The Kier molecular flexibility index (Phi) is 10.2. The summed E-state index contributed by atoms with van der Waals surface area (Å²) in [6.45, 7) is 8.97. The lowest BCUT2D eigenvalue weighted by Crippen LogP contribution is -2.39. The fraction of sp³-hybridized carbons (Fsp3) is 0.737. The zero-order chi connectivity index (χ0) is 18.5. The maximum atomic E-state index is 5.57. The lowest BCUT2D eigenvalue weighted by atomic mass is 10.3. The van der Waals surface area contributed by atoms with Crippen molar-refractivity contribution in [3.05, 3.63) is 24.2 Å². The molecule has 0 atom stereocenters. The fourth-order valence-corrected chi connectivity index (χ4v) is 3.00. The third kappa shape index (κ3) is 8.69. The van der Waals surface area contributed by atoms with Gasteiger partial charge in [0.15, 0.2) is 5.96 Å². The Morgan fingerprint density at radius 2 is 2.04 bits per heavy atom. The molecule has 0 aromatic carbocycles. The van der Waals surface area contributed by atoms with Gasteiger partial charge < -0.3 is 29.6 Å². The SMILES string of the molecule is CN=C(NCCCOCc1ccco1)NCCCN1CCCN(C)CC1. The van der Waals surface area contributed by atoms with Crippen LogP contribution in [0.5, 0.6) is 0 Å². The highest BCUT2D eigenvalue weighted by Gasteiger charge is 2.11. The Morgan fingerprint density at radius 3 is 2.81 bits per heavy atom. The van der Waals surface area contributed by atoms with Crippen molar-refractivity contribution in [3.63, 3.8) is 0 Å². The molecule has 0 spiro atoms. The Bertz CT molecular complexity index is 492. The molecule has 1 saturated heterocycles. The molecule has 148 valence electrons. The quantitative estimate of drug-likeness (QED) is 0.371. The van der Waals surface area contributed by atoms with Gasteiger partial charge in [-0.2, -0.15) is 0 Å². The molecule has 2 N–H and O–H groups in total. The number of guanidine groups is 1. The van der Waals surface area contributed by atoms with Crippen LogP contribution in [0.1, 0.15) is 25.0 Å². The smallest absolute Gasteiger partial charge is 0.190 e. The molecule has 0 amide bonds. The van der Waals surface area contributed by atoms with Gasteiger partial charge in [0.25, 0.3) is 0 Å². The van der Waals surface area contributed by atoms with Crippen molar-refractivity contribution >= 4 is 5.96 Å². The van der Waals surface area contributed by atoms with Gasteiger partial charge in [-0.3, -0.25) is 4.99 Å². The van der Waals surface area contributed by atoms with Crippen LogP contribution in [-0.2, 0) is 11.3 Å². The van der Waals surface area contributed by atoms with Crippen molar-refractivity contribution in [3.8, 4) is 0 Å². The molecule has 2 heterocycles. The standard InChI is InChI=1S/C19H35N5O2/c1-20-19(22-9-5-15-25-17-18-7-3-16-26-18)21-8-4-11-24-12-6-10-23(2)13-14-24/h3,7,16H,4-6,8-15,17H2,1-2H3,(H2,20,21,22). The lowest BCUT2D eigenvalue weighted by molar-refractivity contribution is 0.105. The van der Waals surface area contributed by atoms with Crippen molar-refractivity contribution in [1.82, 2.24) is 20.4 Å². The van der Waals surface area contributed by atoms with Gasteiger partial charge in [-0.05, 0) is 58.1 Å². The van der Waals surface area contributed by atoms with Crippen LogP contribution < -0.4 is 10.6 Å². The molecule has 2 rings (SSSR count). The summed E-state index contributed by atoms with van der Waals surface area (Å²) in [6.07, 6.45) is 5.01. The summed E-state index contributed by atoms with van der Waals surface area (Å²) in [5.41, 5.74) is 0. The van der Waals surface area contributed by atoms with Crippen LogP contribution in [0.3, 0.4) is 0 Å². The van der Waals surface area contributed by atoms with Crippen molar-refractivity contribution in [2.75, 3.05) is 66.5 Å². The van der Waals surface area contributed by atoms with Crippen LogP contribution in [0.25, 0.3) is 0 Å². The van der Waals surface area contributed by atoms with E-state index in [0.29, 0.717) is 13.2 Å². The predicted octanol–water partition coefficient (Wildman–Crippen LogP) is 1.38. The average Bonchev–Trinajstić information content (AvgIpc) is 3.08. The first-order valence-electron chi connectivity index (χ1n) is 9.73. The Hall–Kier alpha value is -1.57. The number of furan rings is 1. The summed E-state index contributed by atoms with van der Waals surface area (Å²) in [4.78, 5) is 9.26. The molecule has 7 nitrogen and oxygen atoms in total. The van der Waals surface area contributed by atoms with E-state index in [1.54, 1.807) is 6.26 Å². The van der Waals surface area contributed by atoms with Crippen molar-refractivity contribution < 1.29 is 9.15 Å². The van der Waals surface area contributed by atoms with Gasteiger partial charge in [0.1, 0.15) is 12.4 Å². The lowest BCUT2D eigenvalue weighted by Gasteiger charge is -2.20. The van der Waals surface area contributed by atoms with Gasteiger partial charge in [0, 0.05) is 39.8 Å². The zero-order valence-electron chi connectivity index (χ0n) is 16.4. The highest BCUT2D eigenvalue weighted by atomic mass is 16.5. The predicted molar refractivity (Wildman–Crippen MR) is 106 cm³/mol. The molecule has 0 radical (unpaired) electrons. The summed E-state index contributed by atoms with van der Waals surface area (Å²) in [6, 6.07) is 3.80. The Balaban J connectivity index is 1.46. The van der Waals surface area contributed by atoms with E-state index in [2.05, 4.69) is 32.5 Å². The molecule has 26 heavy (non-hydrogen) atoms. The average molecular weight is 366 g/mol. The number of rotatable bonds is 10. The van der Waals surface area contributed by atoms with Gasteiger partial charge >= 0.3 is 0 Å². The van der Waals surface area contributed by atoms with E-state index in [4.69, 9.17) is 9.15 Å². The van der Waals surface area contributed by atoms with E-state index >= 15 is 0 Å². The van der Waals surface area contributed by atoms with Gasteiger partial charge in [-0.25, -0.2) is 0 Å². The van der Waals surface area contributed by atoms with Gasteiger partial charge in [0.2, 0.25) is 0 Å². The summed E-state index contributed by atoms with van der Waals surface area (Å²) in [5, 5.41) is 6.73. The largest absolute Gasteiger partial charge is 0.467 e. The number of hydrogen-bond donors (Lipinski definition) is 2. The molecule has 1 fully saturated rings. The molecule has 1 aliphatic rings. The van der Waals surface area contributed by atoms with Gasteiger partial charge in [0.05, 0.1) is 6.26 Å². The van der Waals surface area contributed by atoms with Crippen molar-refractivity contribution in [1.29, 1.82) is 0 Å². The number of nitrogens with zero attached hydrogens (tertiary/aromatic N) is 3. The Labute approximate surface area is 157 Å². The summed E-state index contributed by atoms with van der Waals surface area (Å²) in [5.74, 6) is 1.73. The third-order valence-corrected chi connectivity index (χ3v) is 4.56. The van der Waals surface area contributed by atoms with Gasteiger partial charge in [-0.1, -0.05) is 0 Å².